The van der Waals surface area contributed by atoms with Gasteiger partial charge in [-0.25, -0.2) is 18.1 Å². The van der Waals surface area contributed by atoms with Crippen molar-refractivity contribution in [3.8, 4) is 5.88 Å². The minimum Gasteiger partial charge on any atom is -0.481 e. The highest BCUT2D eigenvalue weighted by molar-refractivity contribution is 7.89. The summed E-state index contributed by atoms with van der Waals surface area (Å²) in [6, 6.07) is 2.94. The molecule has 0 bridgehead atoms. The zero-order valence-corrected chi connectivity index (χ0v) is 13.8. The van der Waals surface area contributed by atoms with Gasteiger partial charge in [0.15, 0.2) is 0 Å². The quantitative estimate of drug-likeness (QED) is 0.844. The van der Waals surface area contributed by atoms with Crippen LogP contribution in [-0.2, 0) is 10.0 Å². The van der Waals surface area contributed by atoms with Crippen molar-refractivity contribution >= 4 is 22.4 Å². The fourth-order valence-electron chi connectivity index (χ4n) is 2.36. The Labute approximate surface area is 132 Å². The van der Waals surface area contributed by atoms with Crippen molar-refractivity contribution in [1.29, 1.82) is 0 Å². The normalized spacial score (nSPS) is 20.4. The molecule has 1 aliphatic rings. The summed E-state index contributed by atoms with van der Waals surface area (Å²) in [5, 5.41) is 3.29. The third-order valence-corrected chi connectivity index (χ3v) is 5.16. The molecule has 0 saturated carbocycles. The second-order valence-electron chi connectivity index (χ2n) is 5.05. The van der Waals surface area contributed by atoms with Gasteiger partial charge in [-0.2, -0.15) is 0 Å². The maximum absolute atomic E-state index is 12.3. The molecule has 0 amide bonds. The molecule has 1 aromatic rings. The Balaban J connectivity index is 0.00000220. The summed E-state index contributed by atoms with van der Waals surface area (Å²) in [6.45, 7) is 3.77. The molecule has 120 valence electrons. The fourth-order valence-corrected chi connectivity index (χ4v) is 3.62. The van der Waals surface area contributed by atoms with E-state index in [2.05, 4.69) is 15.0 Å². The molecule has 1 fully saturated rings. The van der Waals surface area contributed by atoms with Gasteiger partial charge in [0.1, 0.15) is 4.90 Å². The van der Waals surface area contributed by atoms with E-state index in [1.165, 1.54) is 19.4 Å². The largest absolute Gasteiger partial charge is 0.481 e. The van der Waals surface area contributed by atoms with E-state index in [1.807, 2.05) is 6.92 Å². The molecule has 2 heterocycles. The lowest BCUT2D eigenvalue weighted by Crippen LogP contribution is -2.44. The molecule has 1 saturated heterocycles. The molecule has 2 unspecified atom stereocenters. The van der Waals surface area contributed by atoms with Crippen molar-refractivity contribution in [2.75, 3.05) is 20.2 Å². The Bertz CT molecular complexity index is 530. The Morgan fingerprint density at radius 2 is 2.24 bits per heavy atom. The predicted octanol–water partition coefficient (Wildman–Crippen LogP) is 1.18. The van der Waals surface area contributed by atoms with E-state index in [1.54, 1.807) is 6.07 Å². The van der Waals surface area contributed by atoms with E-state index in [9.17, 15) is 8.42 Å². The summed E-state index contributed by atoms with van der Waals surface area (Å²) < 4.78 is 32.2. The van der Waals surface area contributed by atoms with Crippen LogP contribution in [0.5, 0.6) is 5.88 Å². The number of aromatic nitrogens is 1. The van der Waals surface area contributed by atoms with Crippen LogP contribution >= 0.6 is 12.4 Å². The summed E-state index contributed by atoms with van der Waals surface area (Å²) in [5.41, 5.74) is 0. The predicted molar refractivity (Wildman–Crippen MR) is 83.4 cm³/mol. The van der Waals surface area contributed by atoms with E-state index in [0.717, 1.165) is 25.9 Å². The van der Waals surface area contributed by atoms with Crippen LogP contribution in [0.3, 0.4) is 0 Å². The number of sulfonamides is 1. The van der Waals surface area contributed by atoms with Crippen LogP contribution in [0.15, 0.2) is 23.2 Å². The lowest BCUT2D eigenvalue weighted by molar-refractivity contribution is 0.320. The molecule has 0 aliphatic carbocycles. The number of hydrogen-bond donors (Lipinski definition) is 2. The summed E-state index contributed by atoms with van der Waals surface area (Å²) in [5.74, 6) is 0.721. The zero-order valence-electron chi connectivity index (χ0n) is 12.2. The number of pyridine rings is 1. The van der Waals surface area contributed by atoms with E-state index >= 15 is 0 Å². The van der Waals surface area contributed by atoms with Gasteiger partial charge >= 0.3 is 0 Å². The summed E-state index contributed by atoms with van der Waals surface area (Å²) >= 11 is 0. The molecule has 2 N–H and O–H groups in total. The number of methoxy groups -OCH3 is 1. The number of nitrogens with one attached hydrogen (secondary N) is 2. The molecule has 2 rings (SSSR count). The number of piperidine rings is 1. The Kier molecular flexibility index (Phi) is 6.86. The first kappa shape index (κ1) is 18.2. The molecule has 6 nitrogen and oxygen atoms in total. The lowest BCUT2D eigenvalue weighted by atomic mass is 9.94. The number of nitrogens with zero attached hydrogens (tertiary/aromatic N) is 1. The van der Waals surface area contributed by atoms with Gasteiger partial charge in [-0.15, -0.1) is 12.4 Å². The fraction of sp³-hybridized carbons (Fsp3) is 0.615. The van der Waals surface area contributed by atoms with E-state index < -0.39 is 10.0 Å². The zero-order chi connectivity index (χ0) is 14.6. The van der Waals surface area contributed by atoms with Crippen LogP contribution in [0, 0.1) is 5.92 Å². The van der Waals surface area contributed by atoms with Gasteiger partial charge < -0.3 is 10.1 Å². The number of halogens is 1. The first-order valence-corrected chi connectivity index (χ1v) is 8.24. The molecule has 0 aromatic carbocycles. The van der Waals surface area contributed by atoms with E-state index in [-0.39, 0.29) is 23.3 Å². The van der Waals surface area contributed by atoms with Crippen molar-refractivity contribution < 1.29 is 13.2 Å². The van der Waals surface area contributed by atoms with Gasteiger partial charge in [-0.1, -0.05) is 0 Å². The highest BCUT2D eigenvalue weighted by Crippen LogP contribution is 2.17. The van der Waals surface area contributed by atoms with Crippen LogP contribution in [-0.4, -0.2) is 39.6 Å². The first-order valence-electron chi connectivity index (χ1n) is 6.76. The molecule has 2 atom stereocenters. The maximum atomic E-state index is 12.3. The third kappa shape index (κ3) is 4.81. The maximum Gasteiger partial charge on any atom is 0.242 e. The Morgan fingerprint density at radius 3 is 2.76 bits per heavy atom. The van der Waals surface area contributed by atoms with Gasteiger partial charge in [-0.05, 0) is 44.8 Å². The second-order valence-corrected chi connectivity index (χ2v) is 6.77. The standard InChI is InChI=1S/C13H21N3O3S.ClH/c1-10(11-4-3-7-14-8-11)16-20(17,18)12-5-6-13(19-2)15-9-12;/h5-6,9-11,14,16H,3-4,7-8H2,1-2H3;1H. The monoisotopic (exact) mass is 335 g/mol. The van der Waals surface area contributed by atoms with Crippen LogP contribution in [0.2, 0.25) is 0 Å². The lowest BCUT2D eigenvalue weighted by Gasteiger charge is -2.28. The third-order valence-electron chi connectivity index (χ3n) is 3.61. The summed E-state index contributed by atoms with van der Waals surface area (Å²) in [7, 11) is -2.04. The Morgan fingerprint density at radius 1 is 1.48 bits per heavy atom. The van der Waals surface area contributed by atoms with Gasteiger partial charge in [0.2, 0.25) is 15.9 Å². The molecule has 0 radical (unpaired) electrons. The first-order chi connectivity index (χ1) is 9.53. The van der Waals surface area contributed by atoms with Gasteiger partial charge in [0.05, 0.1) is 13.3 Å². The molecule has 21 heavy (non-hydrogen) atoms. The van der Waals surface area contributed by atoms with Crippen LogP contribution in [0.4, 0.5) is 0 Å². The average molecular weight is 336 g/mol. The van der Waals surface area contributed by atoms with Crippen LogP contribution in [0.1, 0.15) is 19.8 Å². The topological polar surface area (TPSA) is 80.3 Å². The molecule has 0 spiro atoms. The number of ether oxygens (including phenoxy) is 1. The minimum absolute atomic E-state index is 0. The van der Waals surface area contributed by atoms with Crippen molar-refractivity contribution in [3.05, 3.63) is 18.3 Å². The number of hydrogen-bond acceptors (Lipinski definition) is 5. The SMILES string of the molecule is COc1ccc(S(=O)(=O)NC(C)C2CCCNC2)cn1.Cl. The molecule has 1 aliphatic heterocycles. The van der Waals surface area contributed by atoms with E-state index in [0.29, 0.717) is 11.8 Å². The van der Waals surface area contributed by atoms with Crippen LogP contribution in [0.25, 0.3) is 0 Å². The smallest absolute Gasteiger partial charge is 0.242 e. The highest BCUT2D eigenvalue weighted by Gasteiger charge is 2.25. The van der Waals surface area contributed by atoms with Gasteiger partial charge in [0, 0.05) is 12.1 Å². The van der Waals surface area contributed by atoms with E-state index in [4.69, 9.17) is 4.74 Å². The summed E-state index contributed by atoms with van der Waals surface area (Å²) in [4.78, 5) is 4.09. The van der Waals surface area contributed by atoms with Crippen molar-refractivity contribution in [2.45, 2.75) is 30.7 Å². The molecule has 1 aromatic heterocycles. The minimum atomic E-state index is -3.53. The number of rotatable bonds is 5. The molecular weight excluding hydrogens is 314 g/mol. The highest BCUT2D eigenvalue weighted by atomic mass is 35.5. The Hall–Kier alpha value is -0.890. The molecule has 8 heteroatoms. The van der Waals surface area contributed by atoms with Crippen molar-refractivity contribution in [3.63, 3.8) is 0 Å². The molecular formula is C13H22ClN3O3S. The summed E-state index contributed by atoms with van der Waals surface area (Å²) in [6.07, 6.45) is 3.44. The van der Waals surface area contributed by atoms with Gasteiger partial charge in [-0.3, -0.25) is 0 Å². The van der Waals surface area contributed by atoms with Crippen molar-refractivity contribution in [1.82, 2.24) is 15.0 Å². The second kappa shape index (κ2) is 7.93. The van der Waals surface area contributed by atoms with Crippen LogP contribution < -0.4 is 14.8 Å². The van der Waals surface area contributed by atoms with Gasteiger partial charge in [0.25, 0.3) is 0 Å². The average Bonchev–Trinajstić information content (AvgIpc) is 2.48. The van der Waals surface area contributed by atoms with Crippen molar-refractivity contribution in [2.24, 2.45) is 5.92 Å².